The number of nitrogens with one attached hydrogen (secondary N) is 3. The number of ether oxygens (including phenoxy) is 1. The first-order chi connectivity index (χ1) is 19.6. The van der Waals surface area contributed by atoms with Crippen molar-refractivity contribution in [2.45, 2.75) is 51.1 Å². The zero-order valence-electron chi connectivity index (χ0n) is 23.4. The van der Waals surface area contributed by atoms with Gasteiger partial charge in [-0.15, -0.1) is 0 Å². The van der Waals surface area contributed by atoms with Gasteiger partial charge >= 0.3 is 0 Å². The molecule has 0 saturated carbocycles. The minimum Gasteiger partial charge on any atom is -0.491 e. The quantitative estimate of drug-likeness (QED) is 0.368. The van der Waals surface area contributed by atoms with Gasteiger partial charge in [-0.2, -0.15) is 0 Å². The topological polar surface area (TPSA) is 94.6 Å². The number of hydrogen-bond donors (Lipinski definition) is 3. The number of benzene rings is 2. The van der Waals surface area contributed by atoms with Crippen LogP contribution in [0.1, 0.15) is 44.1 Å². The van der Waals surface area contributed by atoms with E-state index >= 15 is 0 Å². The van der Waals surface area contributed by atoms with E-state index in [9.17, 15) is 4.79 Å². The van der Waals surface area contributed by atoms with Crippen LogP contribution in [0.3, 0.4) is 0 Å². The molecule has 1 saturated heterocycles. The van der Waals surface area contributed by atoms with Crippen LogP contribution in [0.2, 0.25) is 0 Å². The Hall–Kier alpha value is -3.69. The molecule has 2 aromatic carbocycles. The average Bonchev–Trinajstić information content (AvgIpc) is 2.96. The Labute approximate surface area is 237 Å². The first-order valence-electron chi connectivity index (χ1n) is 14.5. The molecule has 40 heavy (non-hydrogen) atoms. The van der Waals surface area contributed by atoms with Crippen molar-refractivity contribution in [3.05, 3.63) is 66.5 Å². The average molecular weight is 544 g/mol. The summed E-state index contributed by atoms with van der Waals surface area (Å²) >= 11 is 0. The molecule has 1 fully saturated rings. The lowest BCUT2D eigenvalue weighted by molar-refractivity contribution is -0.121. The second-order valence-electron chi connectivity index (χ2n) is 10.7. The number of fused-ring (bicyclic) bond motifs is 12. The number of carbonyl (C=O) groups excluding carboxylic acids is 1. The van der Waals surface area contributed by atoms with Gasteiger partial charge in [0.1, 0.15) is 23.7 Å². The minimum absolute atomic E-state index is 0.151. The number of anilines is 4. The van der Waals surface area contributed by atoms with Gasteiger partial charge in [0, 0.05) is 43.9 Å². The van der Waals surface area contributed by atoms with Gasteiger partial charge in [-0.25, -0.2) is 9.97 Å². The van der Waals surface area contributed by atoms with Gasteiger partial charge in [0.25, 0.3) is 0 Å². The molecule has 212 valence electrons. The summed E-state index contributed by atoms with van der Waals surface area (Å²) in [6.07, 6.45) is 7.25. The molecule has 0 unspecified atom stereocenters. The second kappa shape index (κ2) is 14.1. The smallest absolute Gasteiger partial charge is 0.221 e. The van der Waals surface area contributed by atoms with Gasteiger partial charge in [0.2, 0.25) is 5.91 Å². The Bertz CT molecular complexity index is 1250. The molecule has 6 rings (SSSR count). The largest absolute Gasteiger partial charge is 0.491 e. The van der Waals surface area contributed by atoms with Crippen LogP contribution < -0.4 is 20.7 Å². The van der Waals surface area contributed by atoms with E-state index in [2.05, 4.69) is 67.0 Å². The molecule has 3 aliphatic heterocycles. The first kappa shape index (κ1) is 27.9. The summed E-state index contributed by atoms with van der Waals surface area (Å²) in [5.41, 5.74) is 3.11. The highest BCUT2D eigenvalue weighted by Crippen LogP contribution is 2.28. The Kier molecular flexibility index (Phi) is 9.82. The van der Waals surface area contributed by atoms with Gasteiger partial charge in [-0.1, -0.05) is 24.3 Å². The summed E-state index contributed by atoms with van der Waals surface area (Å²) in [7, 11) is 2.21. The Balaban J connectivity index is 1.29. The highest BCUT2D eigenvalue weighted by Gasteiger charge is 2.23. The number of rotatable bonds is 0. The van der Waals surface area contributed by atoms with Crippen molar-refractivity contribution >= 4 is 28.9 Å². The van der Waals surface area contributed by atoms with Gasteiger partial charge in [0.15, 0.2) is 0 Å². The van der Waals surface area contributed by atoms with Crippen molar-refractivity contribution in [2.75, 3.05) is 50.5 Å². The summed E-state index contributed by atoms with van der Waals surface area (Å²) in [5.74, 6) is 2.35. The standard InChI is InChI=1S/C31H41N7O2/c1-37-22-24-8-7-9-25(20-24)35-29-21-30(34-23-33-29)36-27-10-3-4-11-28(27)40-19-6-2-5-15-32-31(39)14-18-38-16-12-26(37)13-17-38/h3-4,7-11,20-21,23,26H,2,5-6,12-19,22H2,1H3,(H,32,39)(H2,33,34,35,36). The first-order valence-corrected chi connectivity index (χ1v) is 14.5. The summed E-state index contributed by atoms with van der Waals surface area (Å²) < 4.78 is 6.09. The zero-order chi connectivity index (χ0) is 27.6. The summed E-state index contributed by atoms with van der Waals surface area (Å²) in [6, 6.07) is 18.8. The highest BCUT2D eigenvalue weighted by molar-refractivity contribution is 5.76. The van der Waals surface area contributed by atoms with E-state index in [0.29, 0.717) is 24.9 Å². The lowest BCUT2D eigenvalue weighted by Crippen LogP contribution is -2.44. The van der Waals surface area contributed by atoms with Crippen molar-refractivity contribution in [3.63, 3.8) is 0 Å². The number of hydrogen-bond acceptors (Lipinski definition) is 8. The van der Waals surface area contributed by atoms with E-state index in [1.54, 1.807) is 6.33 Å². The lowest BCUT2D eigenvalue weighted by atomic mass is 10.0. The Morgan fingerprint density at radius 1 is 0.900 bits per heavy atom. The molecule has 3 aromatic rings. The third-order valence-electron chi connectivity index (χ3n) is 7.68. The summed E-state index contributed by atoms with van der Waals surface area (Å²) in [5, 5.41) is 9.91. The second-order valence-corrected chi connectivity index (χ2v) is 10.7. The van der Waals surface area contributed by atoms with Crippen LogP contribution in [0.4, 0.5) is 23.0 Å². The van der Waals surface area contributed by atoms with E-state index in [1.807, 2.05) is 30.3 Å². The third-order valence-corrected chi connectivity index (χ3v) is 7.68. The van der Waals surface area contributed by atoms with E-state index < -0.39 is 0 Å². The van der Waals surface area contributed by atoms with Crippen LogP contribution in [0.25, 0.3) is 0 Å². The molecule has 1 amide bonds. The molecule has 0 atom stereocenters. The molecule has 4 heterocycles. The van der Waals surface area contributed by atoms with Gasteiger partial charge in [-0.05, 0) is 82.1 Å². The summed E-state index contributed by atoms with van der Waals surface area (Å²) in [6.45, 7) is 5.13. The number of para-hydroxylation sites is 2. The Morgan fingerprint density at radius 3 is 2.60 bits per heavy atom. The van der Waals surface area contributed by atoms with Gasteiger partial charge in [-0.3, -0.25) is 9.69 Å². The number of aromatic nitrogens is 2. The number of carbonyl (C=O) groups is 1. The van der Waals surface area contributed by atoms with E-state index in [1.165, 1.54) is 5.56 Å². The van der Waals surface area contributed by atoms with Crippen LogP contribution in [0.15, 0.2) is 60.9 Å². The van der Waals surface area contributed by atoms with Crippen LogP contribution in [-0.2, 0) is 11.3 Å². The SMILES string of the molecule is CN1Cc2cccc(c2)Nc2cc(ncn2)Nc2ccccc2OCCCCCNC(=O)CCN2CCC1CC2. The molecule has 3 N–H and O–H groups in total. The van der Waals surface area contributed by atoms with Crippen molar-refractivity contribution in [1.29, 1.82) is 0 Å². The third kappa shape index (κ3) is 8.16. The molecule has 0 radical (unpaired) electrons. The molecular weight excluding hydrogens is 502 g/mol. The van der Waals surface area contributed by atoms with Crippen molar-refractivity contribution in [1.82, 2.24) is 25.1 Å². The molecule has 9 nitrogen and oxygen atoms in total. The molecule has 9 heteroatoms. The monoisotopic (exact) mass is 543 g/mol. The van der Waals surface area contributed by atoms with E-state index in [0.717, 1.165) is 87.8 Å². The number of piperidine rings is 1. The van der Waals surface area contributed by atoms with Crippen LogP contribution in [0.5, 0.6) is 5.75 Å². The highest BCUT2D eigenvalue weighted by atomic mass is 16.5. The van der Waals surface area contributed by atoms with E-state index in [4.69, 9.17) is 4.74 Å². The maximum absolute atomic E-state index is 12.4. The van der Waals surface area contributed by atoms with Crippen LogP contribution in [-0.4, -0.2) is 71.6 Å². The summed E-state index contributed by atoms with van der Waals surface area (Å²) in [4.78, 5) is 26.1. The normalized spacial score (nSPS) is 21.7. The molecular formula is C31H41N7O2. The fourth-order valence-electron chi connectivity index (χ4n) is 5.39. The van der Waals surface area contributed by atoms with Crippen LogP contribution >= 0.6 is 0 Å². The van der Waals surface area contributed by atoms with Gasteiger partial charge in [0.05, 0.1) is 12.3 Å². The number of nitrogens with zero attached hydrogens (tertiary/aromatic N) is 4. The molecule has 6 bridgehead atoms. The fraction of sp³-hybridized carbons (Fsp3) is 0.452. The zero-order valence-corrected chi connectivity index (χ0v) is 23.4. The maximum Gasteiger partial charge on any atom is 0.221 e. The van der Waals surface area contributed by atoms with Crippen molar-refractivity contribution in [2.24, 2.45) is 0 Å². The predicted octanol–water partition coefficient (Wildman–Crippen LogP) is 4.93. The maximum atomic E-state index is 12.4. The fourth-order valence-corrected chi connectivity index (χ4v) is 5.39. The molecule has 0 spiro atoms. The predicted molar refractivity (Wildman–Crippen MR) is 159 cm³/mol. The van der Waals surface area contributed by atoms with Crippen LogP contribution in [0, 0.1) is 0 Å². The number of amides is 1. The Morgan fingerprint density at radius 2 is 1.73 bits per heavy atom. The van der Waals surface area contributed by atoms with Crippen molar-refractivity contribution in [3.8, 4) is 5.75 Å². The van der Waals surface area contributed by atoms with E-state index in [-0.39, 0.29) is 5.91 Å². The lowest BCUT2D eigenvalue weighted by Gasteiger charge is -2.36. The van der Waals surface area contributed by atoms with Gasteiger partial charge < -0.3 is 25.6 Å². The molecule has 3 aliphatic rings. The minimum atomic E-state index is 0.151. The molecule has 1 aromatic heterocycles. The van der Waals surface area contributed by atoms with Crippen molar-refractivity contribution < 1.29 is 9.53 Å². The molecule has 0 aliphatic carbocycles.